The van der Waals surface area contributed by atoms with Crippen molar-refractivity contribution in [1.29, 1.82) is 0 Å². The molecule has 4 nitrogen and oxygen atoms in total. The largest absolute Gasteiger partial charge is 0.378 e. The molecule has 6 heteroatoms. The van der Waals surface area contributed by atoms with Crippen molar-refractivity contribution in [2.24, 2.45) is 0 Å². The number of amides is 1. The maximum atomic E-state index is 12.8. The Labute approximate surface area is 171 Å². The molecule has 0 unspecified atom stereocenters. The van der Waals surface area contributed by atoms with E-state index in [1.165, 1.54) is 0 Å². The summed E-state index contributed by atoms with van der Waals surface area (Å²) < 4.78 is 6.35. The zero-order valence-corrected chi connectivity index (χ0v) is 16.9. The van der Waals surface area contributed by atoms with Gasteiger partial charge in [-0.2, -0.15) is 0 Å². The zero-order valence-electron chi connectivity index (χ0n) is 14.5. The zero-order chi connectivity index (χ0) is 18.8. The summed E-state index contributed by atoms with van der Waals surface area (Å²) in [5.74, 6) is -0.158. The molecule has 27 heavy (non-hydrogen) atoms. The highest BCUT2D eigenvalue weighted by atomic mass is 79.9. The average molecular weight is 446 g/mol. The molecule has 0 atom stereocenters. The van der Waals surface area contributed by atoms with Crippen LogP contribution >= 0.6 is 27.5 Å². The van der Waals surface area contributed by atoms with E-state index in [1.807, 2.05) is 54.6 Å². The standard InChI is InChI=1S/C21H18BrClN2O2/c22-18-13-14(7-8-20(18)25-9-11-27-12-10-25)24-21(26)17-5-1-4-16-15(17)3-2-6-19(16)23/h1-8,13H,9-12H2,(H,24,26). The average Bonchev–Trinajstić information content (AvgIpc) is 2.69. The van der Waals surface area contributed by atoms with E-state index in [4.69, 9.17) is 16.3 Å². The van der Waals surface area contributed by atoms with Crippen LogP contribution in [-0.2, 0) is 4.74 Å². The van der Waals surface area contributed by atoms with E-state index in [2.05, 4.69) is 26.1 Å². The molecule has 0 radical (unpaired) electrons. The Kier molecular flexibility index (Phi) is 5.34. The predicted molar refractivity (Wildman–Crippen MR) is 114 cm³/mol. The van der Waals surface area contributed by atoms with Crippen LogP contribution in [-0.4, -0.2) is 32.2 Å². The number of hydrogen-bond donors (Lipinski definition) is 1. The molecule has 3 aromatic rings. The van der Waals surface area contributed by atoms with Gasteiger partial charge in [-0.25, -0.2) is 0 Å². The number of carbonyl (C=O) groups excluding carboxylic acids is 1. The lowest BCUT2D eigenvalue weighted by Crippen LogP contribution is -2.36. The monoisotopic (exact) mass is 444 g/mol. The first-order valence-corrected chi connectivity index (χ1v) is 9.91. The van der Waals surface area contributed by atoms with E-state index in [9.17, 15) is 4.79 Å². The molecule has 3 aromatic carbocycles. The Hall–Kier alpha value is -2.08. The molecule has 1 aliphatic heterocycles. The molecular formula is C21H18BrClN2O2. The van der Waals surface area contributed by atoms with Crippen LogP contribution in [0.5, 0.6) is 0 Å². The predicted octanol–water partition coefficient (Wildman–Crippen LogP) is 5.34. The van der Waals surface area contributed by atoms with E-state index >= 15 is 0 Å². The molecule has 1 fully saturated rings. The number of halogens is 2. The summed E-state index contributed by atoms with van der Waals surface area (Å²) >= 11 is 9.88. The fourth-order valence-corrected chi connectivity index (χ4v) is 4.18. The van der Waals surface area contributed by atoms with Gasteiger partial charge in [0.25, 0.3) is 5.91 Å². The van der Waals surface area contributed by atoms with Gasteiger partial charge < -0.3 is 15.0 Å². The number of morpholine rings is 1. The quantitative estimate of drug-likeness (QED) is 0.591. The molecule has 0 saturated carbocycles. The van der Waals surface area contributed by atoms with E-state index in [-0.39, 0.29) is 5.91 Å². The first kappa shape index (κ1) is 18.3. The minimum Gasteiger partial charge on any atom is -0.378 e. The second-order valence-electron chi connectivity index (χ2n) is 6.36. The Morgan fingerprint density at radius 1 is 1.04 bits per heavy atom. The first-order chi connectivity index (χ1) is 13.1. The minimum atomic E-state index is -0.158. The number of carbonyl (C=O) groups is 1. The fourth-order valence-electron chi connectivity index (χ4n) is 3.31. The van der Waals surface area contributed by atoms with Crippen LogP contribution < -0.4 is 10.2 Å². The highest BCUT2D eigenvalue weighted by Crippen LogP contribution is 2.31. The second kappa shape index (κ2) is 7.89. The van der Waals surface area contributed by atoms with Gasteiger partial charge in [0, 0.05) is 39.2 Å². The van der Waals surface area contributed by atoms with Gasteiger partial charge in [-0.3, -0.25) is 4.79 Å². The van der Waals surface area contributed by atoms with Crippen LogP contribution in [0.1, 0.15) is 10.4 Å². The molecule has 138 valence electrons. The highest BCUT2D eigenvalue weighted by Gasteiger charge is 2.16. The lowest BCUT2D eigenvalue weighted by atomic mass is 10.0. The molecule has 1 N–H and O–H groups in total. The molecule has 0 aliphatic carbocycles. The van der Waals surface area contributed by atoms with Gasteiger partial charge in [0.15, 0.2) is 0 Å². The number of rotatable bonds is 3. The van der Waals surface area contributed by atoms with Crippen LogP contribution in [0, 0.1) is 0 Å². The maximum absolute atomic E-state index is 12.8. The van der Waals surface area contributed by atoms with Crippen LogP contribution in [0.4, 0.5) is 11.4 Å². The van der Waals surface area contributed by atoms with E-state index in [0.29, 0.717) is 10.6 Å². The number of hydrogen-bond acceptors (Lipinski definition) is 3. The van der Waals surface area contributed by atoms with E-state index < -0.39 is 0 Å². The van der Waals surface area contributed by atoms with Crippen molar-refractivity contribution in [1.82, 2.24) is 0 Å². The fraction of sp³-hybridized carbons (Fsp3) is 0.190. The SMILES string of the molecule is O=C(Nc1ccc(N2CCOCC2)c(Br)c1)c1cccc2c(Cl)cccc12. The first-order valence-electron chi connectivity index (χ1n) is 8.74. The third kappa shape index (κ3) is 3.81. The van der Waals surface area contributed by atoms with Gasteiger partial charge in [-0.15, -0.1) is 0 Å². The summed E-state index contributed by atoms with van der Waals surface area (Å²) in [5.41, 5.74) is 2.44. The Balaban J connectivity index is 1.58. The van der Waals surface area contributed by atoms with Crippen LogP contribution in [0.15, 0.2) is 59.1 Å². The van der Waals surface area contributed by atoms with Gasteiger partial charge in [0.05, 0.1) is 18.9 Å². The van der Waals surface area contributed by atoms with Crippen molar-refractivity contribution in [2.75, 3.05) is 36.5 Å². The minimum absolute atomic E-state index is 0.158. The molecule has 0 spiro atoms. The lowest BCUT2D eigenvalue weighted by Gasteiger charge is -2.29. The van der Waals surface area contributed by atoms with Gasteiger partial charge >= 0.3 is 0 Å². The summed E-state index contributed by atoms with van der Waals surface area (Å²) in [4.78, 5) is 15.1. The van der Waals surface area contributed by atoms with Crippen LogP contribution in [0.3, 0.4) is 0 Å². The number of nitrogens with zero attached hydrogens (tertiary/aromatic N) is 1. The highest BCUT2D eigenvalue weighted by molar-refractivity contribution is 9.10. The lowest BCUT2D eigenvalue weighted by molar-refractivity contribution is 0.102. The maximum Gasteiger partial charge on any atom is 0.256 e. The van der Waals surface area contributed by atoms with Gasteiger partial charge in [0.1, 0.15) is 0 Å². The van der Waals surface area contributed by atoms with Crippen molar-refractivity contribution >= 4 is 55.6 Å². The van der Waals surface area contributed by atoms with Crippen molar-refractivity contribution in [3.63, 3.8) is 0 Å². The molecule has 1 aliphatic rings. The molecule has 0 bridgehead atoms. The van der Waals surface area contributed by atoms with Crippen LogP contribution in [0.2, 0.25) is 5.02 Å². The third-order valence-corrected chi connectivity index (χ3v) is 5.64. The normalized spacial score (nSPS) is 14.4. The number of anilines is 2. The van der Waals surface area contributed by atoms with Crippen molar-refractivity contribution < 1.29 is 9.53 Å². The summed E-state index contributed by atoms with van der Waals surface area (Å²) in [6.07, 6.45) is 0. The summed E-state index contributed by atoms with van der Waals surface area (Å²) in [6, 6.07) is 17.0. The van der Waals surface area contributed by atoms with Gasteiger partial charge in [-0.1, -0.05) is 35.9 Å². The Bertz CT molecular complexity index is 1000. The van der Waals surface area contributed by atoms with Crippen LogP contribution in [0.25, 0.3) is 10.8 Å². The van der Waals surface area contributed by atoms with Gasteiger partial charge in [0.2, 0.25) is 0 Å². The van der Waals surface area contributed by atoms with Crippen molar-refractivity contribution in [3.05, 3.63) is 69.7 Å². The van der Waals surface area contributed by atoms with Crippen molar-refractivity contribution in [3.8, 4) is 0 Å². The molecule has 0 aromatic heterocycles. The Morgan fingerprint density at radius 3 is 2.56 bits per heavy atom. The third-order valence-electron chi connectivity index (χ3n) is 4.67. The summed E-state index contributed by atoms with van der Waals surface area (Å²) in [6.45, 7) is 3.19. The Morgan fingerprint density at radius 2 is 1.78 bits per heavy atom. The second-order valence-corrected chi connectivity index (χ2v) is 7.62. The van der Waals surface area contributed by atoms with E-state index in [0.717, 1.165) is 52.9 Å². The topological polar surface area (TPSA) is 41.6 Å². The van der Waals surface area contributed by atoms with E-state index in [1.54, 1.807) is 0 Å². The van der Waals surface area contributed by atoms with Crippen molar-refractivity contribution in [2.45, 2.75) is 0 Å². The summed E-state index contributed by atoms with van der Waals surface area (Å²) in [7, 11) is 0. The van der Waals surface area contributed by atoms with Gasteiger partial charge in [-0.05, 0) is 51.6 Å². The number of fused-ring (bicyclic) bond motifs is 1. The molecule has 4 rings (SSSR count). The molecular weight excluding hydrogens is 428 g/mol. The molecule has 1 amide bonds. The number of nitrogens with one attached hydrogen (secondary N) is 1. The number of benzene rings is 3. The smallest absolute Gasteiger partial charge is 0.256 e. The summed E-state index contributed by atoms with van der Waals surface area (Å²) in [5, 5.41) is 5.33. The number of ether oxygens (including phenoxy) is 1. The molecule has 1 saturated heterocycles. The molecule has 1 heterocycles.